The molecular formula is C23H31NO8. The molecule has 1 aromatic rings. The minimum absolute atomic E-state index is 0.0130. The van der Waals surface area contributed by atoms with Crippen LogP contribution in [0.5, 0.6) is 0 Å². The Morgan fingerprint density at radius 3 is 1.91 bits per heavy atom. The molecule has 0 heterocycles. The fraction of sp³-hybridized carbons (Fsp3) is 0.522. The molecule has 0 aliphatic heterocycles. The smallest absolute Gasteiger partial charge is 0.362 e. The summed E-state index contributed by atoms with van der Waals surface area (Å²) in [7, 11) is 2.10. The van der Waals surface area contributed by atoms with Gasteiger partial charge in [-0.3, -0.25) is 5.41 Å². The van der Waals surface area contributed by atoms with Crippen LogP contribution in [0.2, 0.25) is 0 Å². The van der Waals surface area contributed by atoms with Crippen molar-refractivity contribution in [1.82, 2.24) is 0 Å². The van der Waals surface area contributed by atoms with Crippen molar-refractivity contribution in [3.05, 3.63) is 35.9 Å². The highest BCUT2D eigenvalue weighted by molar-refractivity contribution is 6.36. The van der Waals surface area contributed by atoms with Crippen molar-refractivity contribution >= 4 is 29.6 Å². The number of esters is 4. The van der Waals surface area contributed by atoms with Gasteiger partial charge >= 0.3 is 29.5 Å². The molecule has 0 unspecified atom stereocenters. The van der Waals surface area contributed by atoms with Gasteiger partial charge in [0.15, 0.2) is 0 Å². The third kappa shape index (κ3) is 6.90. The third-order valence-corrected chi connectivity index (χ3v) is 4.67. The summed E-state index contributed by atoms with van der Waals surface area (Å²) >= 11 is 0. The Morgan fingerprint density at radius 1 is 0.938 bits per heavy atom. The predicted molar refractivity (Wildman–Crippen MR) is 115 cm³/mol. The quantitative estimate of drug-likeness (QED) is 0.250. The van der Waals surface area contributed by atoms with Gasteiger partial charge in [-0.05, 0) is 45.7 Å². The van der Waals surface area contributed by atoms with Gasteiger partial charge in [0.05, 0.1) is 19.8 Å². The summed E-state index contributed by atoms with van der Waals surface area (Å²) in [5.74, 6) is -4.61. The summed E-state index contributed by atoms with van der Waals surface area (Å²) in [4.78, 5) is 50.3. The number of hydrogen-bond acceptors (Lipinski definition) is 9. The minimum atomic E-state index is -2.39. The Balaban J connectivity index is 3.20. The second kappa shape index (κ2) is 11.4. The lowest BCUT2D eigenvalue weighted by molar-refractivity contribution is -0.182. The fourth-order valence-electron chi connectivity index (χ4n) is 2.97. The van der Waals surface area contributed by atoms with Crippen LogP contribution in [0.1, 0.15) is 57.3 Å². The van der Waals surface area contributed by atoms with Crippen LogP contribution in [0.4, 0.5) is 0 Å². The molecule has 0 saturated carbocycles. The number of hydrogen-bond donors (Lipinski definition) is 1. The Morgan fingerprint density at radius 2 is 1.47 bits per heavy atom. The number of benzene rings is 1. The lowest BCUT2D eigenvalue weighted by atomic mass is 9.87. The maximum absolute atomic E-state index is 12.7. The number of carbonyl (C=O) groups excluding carboxylic acids is 4. The van der Waals surface area contributed by atoms with Gasteiger partial charge in [-0.2, -0.15) is 0 Å². The van der Waals surface area contributed by atoms with E-state index in [4.69, 9.17) is 24.4 Å². The zero-order valence-corrected chi connectivity index (χ0v) is 19.4. The van der Waals surface area contributed by atoms with Crippen LogP contribution in [0.25, 0.3) is 0 Å². The van der Waals surface area contributed by atoms with E-state index < -0.39 is 41.0 Å². The maximum Gasteiger partial charge on any atom is 0.362 e. The van der Waals surface area contributed by atoms with Crippen molar-refractivity contribution in [1.29, 1.82) is 5.41 Å². The average Bonchev–Trinajstić information content (AvgIpc) is 2.76. The molecule has 9 nitrogen and oxygen atoms in total. The monoisotopic (exact) mass is 449 g/mol. The molecule has 1 rings (SSSR count). The molecule has 0 aliphatic rings. The molecule has 176 valence electrons. The van der Waals surface area contributed by atoms with Gasteiger partial charge in [-0.1, -0.05) is 25.1 Å². The third-order valence-electron chi connectivity index (χ3n) is 4.67. The van der Waals surface area contributed by atoms with E-state index >= 15 is 0 Å². The number of carbonyl (C=O) groups is 4. The number of ether oxygens (including phenoxy) is 4. The zero-order chi connectivity index (χ0) is 24.5. The summed E-state index contributed by atoms with van der Waals surface area (Å²) in [5, 5.41) is 8.21. The normalized spacial score (nSPS) is 12.3. The van der Waals surface area contributed by atoms with Crippen molar-refractivity contribution in [3.8, 4) is 0 Å². The maximum atomic E-state index is 12.7. The first kappa shape index (κ1) is 26.8. The predicted octanol–water partition coefficient (Wildman–Crippen LogP) is 3.10. The van der Waals surface area contributed by atoms with Crippen LogP contribution >= 0.6 is 0 Å². The van der Waals surface area contributed by atoms with E-state index in [1.165, 1.54) is 12.1 Å². The molecule has 9 heteroatoms. The molecule has 0 radical (unpaired) electrons. The average molecular weight is 450 g/mol. The molecule has 0 saturated heterocycles. The van der Waals surface area contributed by atoms with Crippen molar-refractivity contribution in [3.63, 3.8) is 0 Å². The minimum Gasteiger partial charge on any atom is -0.466 e. The zero-order valence-electron chi connectivity index (χ0n) is 19.4. The molecule has 0 aliphatic carbocycles. The van der Waals surface area contributed by atoms with E-state index in [-0.39, 0.29) is 24.1 Å². The first-order valence-corrected chi connectivity index (χ1v) is 10.2. The summed E-state index contributed by atoms with van der Waals surface area (Å²) in [6, 6.07) is 7.83. The van der Waals surface area contributed by atoms with Gasteiger partial charge in [0.25, 0.3) is 0 Å². The molecule has 0 spiro atoms. The van der Waals surface area contributed by atoms with E-state index in [9.17, 15) is 19.2 Å². The molecule has 0 bridgehead atoms. The molecule has 32 heavy (non-hydrogen) atoms. The van der Waals surface area contributed by atoms with E-state index in [1.54, 1.807) is 45.9 Å². The summed E-state index contributed by atoms with van der Waals surface area (Å²) in [5.41, 5.74) is -3.36. The molecular weight excluding hydrogens is 418 g/mol. The standard InChI is InChI=1S/C23H31NO8/c1-7-15(17(24)19(26)31-22(2,3)4)13-14-23(20(27)29-5,21(28)30-6)32-18(25)16-11-9-8-10-12-16/h8-12,15,24H,7,13-14H2,1-6H3/t15-/m0/s1. The summed E-state index contributed by atoms with van der Waals surface area (Å²) in [6.45, 7) is 6.79. The van der Waals surface area contributed by atoms with Crippen molar-refractivity contribution in [2.45, 2.75) is 58.2 Å². The second-order valence-corrected chi connectivity index (χ2v) is 8.13. The fourth-order valence-corrected chi connectivity index (χ4v) is 2.97. The van der Waals surface area contributed by atoms with E-state index in [0.29, 0.717) is 6.42 Å². The van der Waals surface area contributed by atoms with Gasteiger partial charge in [-0.15, -0.1) is 0 Å². The highest BCUT2D eigenvalue weighted by atomic mass is 16.6. The van der Waals surface area contributed by atoms with Gasteiger partial charge in [-0.25, -0.2) is 19.2 Å². The van der Waals surface area contributed by atoms with Gasteiger partial charge < -0.3 is 18.9 Å². The van der Waals surface area contributed by atoms with Crippen LogP contribution in [0, 0.1) is 11.3 Å². The van der Waals surface area contributed by atoms with Crippen molar-refractivity contribution < 1.29 is 38.1 Å². The summed E-state index contributed by atoms with van der Waals surface area (Å²) < 4.78 is 20.1. The lowest BCUT2D eigenvalue weighted by Gasteiger charge is -2.29. The first-order chi connectivity index (χ1) is 14.9. The van der Waals surface area contributed by atoms with Gasteiger partial charge in [0.2, 0.25) is 0 Å². The highest BCUT2D eigenvalue weighted by Gasteiger charge is 2.53. The molecule has 1 aromatic carbocycles. The Bertz CT molecular complexity index is 825. The first-order valence-electron chi connectivity index (χ1n) is 10.2. The van der Waals surface area contributed by atoms with E-state index in [1.807, 2.05) is 0 Å². The molecule has 0 amide bonds. The summed E-state index contributed by atoms with van der Waals surface area (Å²) in [6.07, 6.45) is -0.0153. The van der Waals surface area contributed by atoms with E-state index in [0.717, 1.165) is 14.2 Å². The SMILES string of the molecule is CC[C@@H](CCC(OC(=O)c1ccccc1)(C(=O)OC)C(=O)OC)C(=N)C(=O)OC(C)(C)C. The topological polar surface area (TPSA) is 129 Å². The molecule has 1 atom stereocenters. The van der Waals surface area contributed by atoms with Gasteiger partial charge in [0.1, 0.15) is 11.3 Å². The van der Waals surface area contributed by atoms with E-state index in [2.05, 4.69) is 0 Å². The second-order valence-electron chi connectivity index (χ2n) is 8.13. The van der Waals surface area contributed by atoms with Crippen LogP contribution in [-0.2, 0) is 33.3 Å². The van der Waals surface area contributed by atoms with Crippen LogP contribution in [0.3, 0.4) is 0 Å². The molecule has 0 aromatic heterocycles. The Labute approximate surface area is 187 Å². The van der Waals surface area contributed by atoms with Crippen LogP contribution in [0.15, 0.2) is 30.3 Å². The van der Waals surface area contributed by atoms with Crippen LogP contribution in [-0.4, -0.2) is 55.0 Å². The highest BCUT2D eigenvalue weighted by Crippen LogP contribution is 2.28. The lowest BCUT2D eigenvalue weighted by Crippen LogP contribution is -2.52. The van der Waals surface area contributed by atoms with Crippen molar-refractivity contribution in [2.24, 2.45) is 5.92 Å². The number of rotatable bonds is 10. The number of methoxy groups -OCH3 is 2. The largest absolute Gasteiger partial charge is 0.466 e. The number of nitrogens with one attached hydrogen (secondary N) is 1. The molecule has 0 fully saturated rings. The van der Waals surface area contributed by atoms with Gasteiger partial charge in [0, 0.05) is 12.3 Å². The Kier molecular flexibility index (Phi) is 9.55. The van der Waals surface area contributed by atoms with Crippen molar-refractivity contribution in [2.75, 3.05) is 14.2 Å². The molecule has 1 N–H and O–H groups in total. The Hall–Kier alpha value is -3.23. The van der Waals surface area contributed by atoms with Crippen LogP contribution < -0.4 is 0 Å².